The van der Waals surface area contributed by atoms with Crippen LogP contribution < -0.4 is 4.74 Å². The summed E-state index contributed by atoms with van der Waals surface area (Å²) in [5.74, 6) is -0.544. The number of benzene rings is 1. The predicted octanol–water partition coefficient (Wildman–Crippen LogP) is 3.81. The number of carbonyl (C=O) groups excluding carboxylic acids is 1. The van der Waals surface area contributed by atoms with Crippen LogP contribution in [0.25, 0.3) is 0 Å². The topological polar surface area (TPSA) is 87.9 Å². The number of ether oxygens (including phenoxy) is 1. The average molecular weight is 497 g/mol. The minimum Gasteiger partial charge on any atom is -0.493 e. The lowest BCUT2D eigenvalue weighted by Gasteiger charge is -2.30. The van der Waals surface area contributed by atoms with E-state index in [1.807, 2.05) is 27.8 Å². The van der Waals surface area contributed by atoms with E-state index in [0.717, 1.165) is 62.1 Å². The zero-order chi connectivity index (χ0) is 25.5. The molecule has 196 valence electrons. The van der Waals surface area contributed by atoms with Gasteiger partial charge < -0.3 is 19.3 Å². The van der Waals surface area contributed by atoms with Crippen molar-refractivity contribution in [2.24, 2.45) is 5.92 Å². The number of carboxylic acid groups (broad SMARTS) is 1. The van der Waals surface area contributed by atoms with Gasteiger partial charge in [0.15, 0.2) is 0 Å². The highest BCUT2D eigenvalue weighted by molar-refractivity contribution is 5.79. The smallest absolute Gasteiger partial charge is 0.308 e. The highest BCUT2D eigenvalue weighted by Crippen LogP contribution is 2.41. The molecule has 0 aliphatic carbocycles. The Balaban J connectivity index is 1.58. The molecule has 0 radical (unpaired) electrons. The summed E-state index contributed by atoms with van der Waals surface area (Å²) in [4.78, 5) is 34.4. The molecule has 2 aliphatic heterocycles. The van der Waals surface area contributed by atoms with Gasteiger partial charge in [-0.3, -0.25) is 14.5 Å². The Morgan fingerprint density at radius 2 is 1.97 bits per heavy atom. The Kier molecular flexibility index (Phi) is 9.02. The SMILES string of the molecule is CCCCN(CCCC)C(=O)CN1C[C@H](c2ccc3c(c2)CCO3)C(C(=O)O)[C@@H]1CCn1ccnc1. The molecule has 36 heavy (non-hydrogen) atoms. The molecule has 1 unspecified atom stereocenters. The molecule has 0 saturated carbocycles. The molecule has 1 saturated heterocycles. The number of carboxylic acids is 1. The third-order valence-corrected chi connectivity index (χ3v) is 7.67. The molecule has 1 N–H and O–H groups in total. The standard InChI is InChI=1S/C28H40N4O4/c1-3-5-12-31(13-6-4-2)26(33)19-32-18-23(21-7-8-25-22(17-21)10-16-36-25)27(28(34)35)24(32)9-14-30-15-11-29-20-30/h7-8,11,15,17,20,23-24,27H,3-6,9-10,12-14,16,18-19H2,1-2H3,(H,34,35)/t23-,24+,27?/m1/s1. The number of imidazole rings is 1. The Morgan fingerprint density at radius 3 is 2.64 bits per heavy atom. The second-order valence-corrected chi connectivity index (χ2v) is 10.1. The van der Waals surface area contributed by atoms with E-state index in [1.54, 1.807) is 12.5 Å². The number of aliphatic carboxylic acids is 1. The number of nitrogens with zero attached hydrogens (tertiary/aromatic N) is 4. The van der Waals surface area contributed by atoms with Crippen LogP contribution in [0.5, 0.6) is 5.75 Å². The van der Waals surface area contributed by atoms with Gasteiger partial charge in [-0.2, -0.15) is 0 Å². The van der Waals surface area contributed by atoms with Crippen molar-refractivity contribution in [1.82, 2.24) is 19.4 Å². The lowest BCUT2D eigenvalue weighted by molar-refractivity contribution is -0.144. The van der Waals surface area contributed by atoms with Gasteiger partial charge in [-0.1, -0.05) is 38.8 Å². The number of fused-ring (bicyclic) bond motifs is 1. The van der Waals surface area contributed by atoms with E-state index in [2.05, 4.69) is 29.8 Å². The predicted molar refractivity (Wildman–Crippen MR) is 138 cm³/mol. The molecule has 8 nitrogen and oxygen atoms in total. The molecule has 1 fully saturated rings. The van der Waals surface area contributed by atoms with Gasteiger partial charge in [0.05, 0.1) is 25.4 Å². The van der Waals surface area contributed by atoms with E-state index in [1.165, 1.54) is 0 Å². The quantitative estimate of drug-likeness (QED) is 0.454. The van der Waals surface area contributed by atoms with Crippen molar-refractivity contribution in [3.05, 3.63) is 48.0 Å². The highest BCUT2D eigenvalue weighted by Gasteiger charge is 2.47. The van der Waals surface area contributed by atoms with Gasteiger partial charge in [-0.05, 0) is 36.5 Å². The lowest BCUT2D eigenvalue weighted by atomic mass is 9.83. The molecule has 0 bridgehead atoms. The summed E-state index contributed by atoms with van der Waals surface area (Å²) in [6.07, 6.45) is 10.9. The number of likely N-dealkylation sites (tertiary alicyclic amines) is 1. The van der Waals surface area contributed by atoms with Gasteiger partial charge in [0.2, 0.25) is 5.91 Å². The van der Waals surface area contributed by atoms with Gasteiger partial charge in [0.25, 0.3) is 0 Å². The largest absolute Gasteiger partial charge is 0.493 e. The van der Waals surface area contributed by atoms with Crippen LogP contribution >= 0.6 is 0 Å². The Bertz CT molecular complexity index is 1000. The zero-order valence-electron chi connectivity index (χ0n) is 21.6. The van der Waals surface area contributed by atoms with Crippen molar-refractivity contribution < 1.29 is 19.4 Å². The number of aryl methyl sites for hydroxylation is 1. The van der Waals surface area contributed by atoms with Gasteiger partial charge >= 0.3 is 5.97 Å². The Morgan fingerprint density at radius 1 is 1.19 bits per heavy atom. The summed E-state index contributed by atoms with van der Waals surface area (Å²) < 4.78 is 7.65. The molecular weight excluding hydrogens is 456 g/mol. The second kappa shape index (κ2) is 12.4. The summed E-state index contributed by atoms with van der Waals surface area (Å²) in [6, 6.07) is 5.87. The van der Waals surface area contributed by atoms with E-state index in [9.17, 15) is 14.7 Å². The first-order valence-corrected chi connectivity index (χ1v) is 13.5. The number of hydrogen-bond acceptors (Lipinski definition) is 5. The molecule has 1 aromatic heterocycles. The van der Waals surface area contributed by atoms with E-state index in [0.29, 0.717) is 26.1 Å². The number of hydrogen-bond donors (Lipinski definition) is 1. The van der Waals surface area contributed by atoms with Gasteiger partial charge in [0.1, 0.15) is 5.75 Å². The van der Waals surface area contributed by atoms with Crippen LogP contribution in [-0.4, -0.2) is 75.2 Å². The molecule has 2 aliphatic rings. The fourth-order valence-corrected chi connectivity index (χ4v) is 5.66. The van der Waals surface area contributed by atoms with Crippen molar-refractivity contribution in [2.75, 3.05) is 32.8 Å². The van der Waals surface area contributed by atoms with Crippen LogP contribution in [0, 0.1) is 5.92 Å². The molecule has 3 heterocycles. The van der Waals surface area contributed by atoms with Crippen molar-refractivity contribution in [3.63, 3.8) is 0 Å². The van der Waals surface area contributed by atoms with Crippen LogP contribution in [-0.2, 0) is 22.6 Å². The molecule has 4 rings (SSSR count). The maximum Gasteiger partial charge on any atom is 0.308 e. The molecular formula is C28H40N4O4. The van der Waals surface area contributed by atoms with Crippen LogP contribution in [0.15, 0.2) is 36.9 Å². The van der Waals surface area contributed by atoms with Crippen molar-refractivity contribution in [2.45, 2.75) is 70.9 Å². The minimum absolute atomic E-state index is 0.108. The monoisotopic (exact) mass is 496 g/mol. The van der Waals surface area contributed by atoms with E-state index in [-0.39, 0.29) is 24.4 Å². The lowest BCUT2D eigenvalue weighted by Crippen LogP contribution is -2.45. The van der Waals surface area contributed by atoms with Crippen LogP contribution in [0.3, 0.4) is 0 Å². The first-order valence-electron chi connectivity index (χ1n) is 13.5. The summed E-state index contributed by atoms with van der Waals surface area (Å²) in [7, 11) is 0. The van der Waals surface area contributed by atoms with Gasteiger partial charge in [-0.15, -0.1) is 0 Å². The van der Waals surface area contributed by atoms with Gasteiger partial charge in [-0.25, -0.2) is 4.98 Å². The third kappa shape index (κ3) is 6.09. The molecule has 0 spiro atoms. The Hall–Kier alpha value is -2.87. The minimum atomic E-state index is -0.795. The number of rotatable bonds is 13. The second-order valence-electron chi connectivity index (χ2n) is 10.1. The highest BCUT2D eigenvalue weighted by atomic mass is 16.5. The summed E-state index contributed by atoms with van der Waals surface area (Å²) >= 11 is 0. The van der Waals surface area contributed by atoms with E-state index in [4.69, 9.17) is 4.74 Å². The fourth-order valence-electron chi connectivity index (χ4n) is 5.66. The fraction of sp³-hybridized carbons (Fsp3) is 0.607. The summed E-state index contributed by atoms with van der Waals surface area (Å²) in [5.41, 5.74) is 2.18. The maximum absolute atomic E-state index is 13.5. The molecule has 8 heteroatoms. The van der Waals surface area contributed by atoms with Crippen LogP contribution in [0.4, 0.5) is 0 Å². The maximum atomic E-state index is 13.5. The molecule has 2 aromatic rings. The van der Waals surface area contributed by atoms with Crippen LogP contribution in [0.1, 0.15) is 63.0 Å². The summed E-state index contributed by atoms with van der Waals surface area (Å²) in [5, 5.41) is 10.4. The average Bonchev–Trinajstić information content (AvgIpc) is 3.62. The number of carbonyl (C=O) groups is 2. The first kappa shape index (κ1) is 26.2. The third-order valence-electron chi connectivity index (χ3n) is 7.67. The first-order chi connectivity index (χ1) is 17.5. The zero-order valence-corrected chi connectivity index (χ0v) is 21.6. The van der Waals surface area contributed by atoms with Crippen LogP contribution in [0.2, 0.25) is 0 Å². The number of amides is 1. The summed E-state index contributed by atoms with van der Waals surface area (Å²) in [6.45, 7) is 7.96. The Labute approximate surface area is 214 Å². The van der Waals surface area contributed by atoms with Crippen molar-refractivity contribution in [1.29, 1.82) is 0 Å². The van der Waals surface area contributed by atoms with Gasteiger partial charge in [0, 0.05) is 57.0 Å². The molecule has 1 aromatic carbocycles. The van der Waals surface area contributed by atoms with Crippen molar-refractivity contribution >= 4 is 11.9 Å². The number of unbranched alkanes of at least 4 members (excludes halogenated alkanes) is 2. The van der Waals surface area contributed by atoms with E-state index < -0.39 is 11.9 Å². The molecule has 3 atom stereocenters. The normalized spacial score (nSPS) is 21.3. The van der Waals surface area contributed by atoms with Crippen molar-refractivity contribution in [3.8, 4) is 5.75 Å². The molecule has 1 amide bonds. The number of aromatic nitrogens is 2. The van der Waals surface area contributed by atoms with E-state index >= 15 is 0 Å².